The van der Waals surface area contributed by atoms with Gasteiger partial charge in [0.25, 0.3) is 0 Å². The lowest BCUT2D eigenvalue weighted by Crippen LogP contribution is -2.85. The maximum Gasteiger partial charge on any atom is 0.339 e. The summed E-state index contributed by atoms with van der Waals surface area (Å²) in [6, 6.07) is 11.3. The number of nitrogens with one attached hydrogen (secondary N) is 1. The van der Waals surface area contributed by atoms with Crippen molar-refractivity contribution in [3.63, 3.8) is 0 Å². The number of hydrogen-bond acceptors (Lipinski definition) is 13. The maximum absolute atomic E-state index is 18.8. The number of aliphatic hydroxyl groups is 3. The summed E-state index contributed by atoms with van der Waals surface area (Å²) in [5.74, 6) is 8.96. The molecule has 0 amide bonds. The average Bonchev–Trinajstić information content (AvgIpc) is 1.40. The van der Waals surface area contributed by atoms with Crippen molar-refractivity contribution in [3.8, 4) is 11.8 Å². The fourth-order valence-corrected chi connectivity index (χ4v) is 34.3. The molecule has 2 aromatic rings. The van der Waals surface area contributed by atoms with Crippen LogP contribution in [0.2, 0.25) is 0 Å². The lowest BCUT2D eigenvalue weighted by atomic mass is 9.27. The van der Waals surface area contributed by atoms with Crippen molar-refractivity contribution < 1.29 is 53.1 Å². The molecule has 1 aromatic heterocycles. The van der Waals surface area contributed by atoms with E-state index in [2.05, 4.69) is 95.9 Å². The van der Waals surface area contributed by atoms with Gasteiger partial charge in [-0.1, -0.05) is 97.9 Å². The van der Waals surface area contributed by atoms with E-state index >= 15 is 19.5 Å². The zero-order valence-corrected chi connectivity index (χ0v) is 57.1. The van der Waals surface area contributed by atoms with Crippen LogP contribution in [0.25, 0.3) is 0 Å². The van der Waals surface area contributed by atoms with Crippen molar-refractivity contribution in [2.24, 2.45) is 145 Å². The summed E-state index contributed by atoms with van der Waals surface area (Å²) in [5, 5.41) is 43.0. The van der Waals surface area contributed by atoms with Crippen molar-refractivity contribution in [1.29, 1.82) is 0 Å². The molecule has 9 spiro atoms. The first-order valence-corrected chi connectivity index (χ1v) is 39.9. The molecule has 11 saturated carbocycles. The molecule has 24 rings (SSSR count). The van der Waals surface area contributed by atoms with Crippen molar-refractivity contribution in [3.05, 3.63) is 107 Å². The van der Waals surface area contributed by atoms with Crippen LogP contribution in [-0.4, -0.2) is 106 Å². The van der Waals surface area contributed by atoms with Crippen molar-refractivity contribution in [2.75, 3.05) is 26.4 Å². The second-order valence-corrected chi connectivity index (χ2v) is 38.1. The number of benzene rings is 1. The number of carbonyl (C=O) groups excluding carboxylic acids is 3. The van der Waals surface area contributed by atoms with Gasteiger partial charge in [0.2, 0.25) is 0 Å². The predicted octanol–water partition coefficient (Wildman–Crippen LogP) is 11.1. The third-order valence-electron chi connectivity index (χ3n) is 36.5. The number of nitrogens with zero attached hydrogens (tertiary/aromatic N) is 1. The molecule has 4 N–H and O–H groups in total. The molecule has 16 fully saturated rings. The largest absolute Gasteiger partial charge is 0.469 e. The minimum Gasteiger partial charge on any atom is -0.469 e. The fraction of sp³-hybridized carbons (Fsp3) is 0.729. The number of fused-ring (bicyclic) bond motifs is 9. The van der Waals surface area contributed by atoms with Crippen molar-refractivity contribution >= 4 is 17.7 Å². The lowest BCUT2D eigenvalue weighted by Gasteiger charge is -2.75. The van der Waals surface area contributed by atoms with Crippen LogP contribution in [0.15, 0.2) is 88.7 Å². The number of rotatable bonds is 7. The summed E-state index contributed by atoms with van der Waals surface area (Å²) in [7, 11) is 0. The number of aliphatic hydroxyl groups excluding tert-OH is 3. The van der Waals surface area contributed by atoms with E-state index in [1.807, 2.05) is 6.26 Å². The van der Waals surface area contributed by atoms with Gasteiger partial charge < -0.3 is 43.6 Å². The summed E-state index contributed by atoms with van der Waals surface area (Å²) >= 11 is 0. The number of esters is 2. The number of cyclic esters (lactones) is 1. The average molecular weight is 1320 g/mol. The van der Waals surface area contributed by atoms with E-state index in [0.717, 1.165) is 120 Å². The number of carbonyl (C=O) groups is 3. The normalized spacial score (nSPS) is 56.2. The second kappa shape index (κ2) is 18.8. The maximum atomic E-state index is 18.8. The number of aryl methyl sites for hydroxylation is 1. The Morgan fingerprint density at radius 3 is 2.69 bits per heavy atom. The van der Waals surface area contributed by atoms with Gasteiger partial charge in [0.05, 0.1) is 48.5 Å². The molecule has 15 aliphatic carbocycles. The Balaban J connectivity index is 0.759. The van der Waals surface area contributed by atoms with E-state index in [-0.39, 0.29) is 83.6 Å². The molecule has 8 heterocycles. The summed E-state index contributed by atoms with van der Waals surface area (Å²) in [6.07, 6.45) is 35.1. The fourth-order valence-electron chi connectivity index (χ4n) is 34.3. The number of ether oxygens (including phenoxy) is 4. The lowest BCUT2D eigenvalue weighted by molar-refractivity contribution is -0.325. The zero-order valence-electron chi connectivity index (χ0n) is 57.1. The molecular weight excluding hydrogens is 1220 g/mol. The minimum absolute atomic E-state index is 0.0277. The Hall–Kier alpha value is -4.81. The third-order valence-corrected chi connectivity index (χ3v) is 36.5. The number of Topliss-reactive ketones (excluding diaryl/α,β-unsaturated/α-hetero) is 1. The van der Waals surface area contributed by atoms with Gasteiger partial charge in [-0.15, -0.1) is 0 Å². The molecule has 33 atom stereocenters. The molecule has 0 radical (unpaired) electrons. The number of ketones is 1. The Labute approximate surface area is 575 Å². The first-order chi connectivity index (χ1) is 47.7. The third kappa shape index (κ3) is 5.98. The van der Waals surface area contributed by atoms with E-state index in [1.54, 1.807) is 5.57 Å². The smallest absolute Gasteiger partial charge is 0.339 e. The van der Waals surface area contributed by atoms with E-state index in [4.69, 9.17) is 18.6 Å². The Morgan fingerprint density at radius 2 is 1.80 bits per heavy atom. The zero-order chi connectivity index (χ0) is 65.0. The highest BCUT2D eigenvalue weighted by Crippen LogP contribution is 2.95. The predicted molar refractivity (Wildman–Crippen MR) is 358 cm³/mol. The highest BCUT2D eigenvalue weighted by atomic mass is 16.7. The summed E-state index contributed by atoms with van der Waals surface area (Å²) in [6.45, 7) is 3.88. The highest BCUT2D eigenvalue weighted by molar-refractivity contribution is 5.96. The topological polar surface area (TPSA) is 181 Å². The molecule has 13 nitrogen and oxygen atoms in total. The summed E-state index contributed by atoms with van der Waals surface area (Å²) in [5.41, 5.74) is -4.84. The van der Waals surface area contributed by atoms with Gasteiger partial charge in [0, 0.05) is 47.2 Å². The van der Waals surface area contributed by atoms with Gasteiger partial charge in [0.1, 0.15) is 35.1 Å². The first kappa shape index (κ1) is 58.7. The first-order valence-electron chi connectivity index (χ1n) is 39.9. The molecule has 7 aliphatic heterocycles. The van der Waals surface area contributed by atoms with E-state index in [1.165, 1.54) is 36.8 Å². The van der Waals surface area contributed by atoms with Crippen LogP contribution in [0.3, 0.4) is 0 Å². The second-order valence-electron chi connectivity index (χ2n) is 38.1. The molecule has 0 unspecified atom stereocenters. The highest BCUT2D eigenvalue weighted by Gasteiger charge is 3.03. The molecular formula is C85H98N2O11. The quantitative estimate of drug-likeness (QED) is 0.0891. The van der Waals surface area contributed by atoms with Crippen molar-refractivity contribution in [2.45, 2.75) is 208 Å². The number of allylic oxidation sites excluding steroid dienone is 4. The summed E-state index contributed by atoms with van der Waals surface area (Å²) in [4.78, 5) is 54.9. The van der Waals surface area contributed by atoms with Gasteiger partial charge in [0.15, 0.2) is 17.5 Å². The SMILES string of the molecule is C[C@]12C[C@@H]3C[C@]45C[C@@H]6C=C[C@]47C(=O)OC[C@]48[C@H](C(=O)[C@@H](O)[C@@]9([C@H]34)[C@H]3C[C@@H](Cc4ccccc4)CC[C@@H]3C#C[C@@H]3CCc4coc(C[C@@H]([C@@H]%10CC[C@H]%11[C@H](C=CN%12CNC[C@@H]%11%12)C%10)[C@H](O)CO)c4[C@@]31OC(=O)[C@H]1O[C@@]192)[C@@]12O[C@]87C(=C[C@H]1[C@]13CC[C@@H]4CCC[C@@H]4[C@H]1CC=C1CC[C@H]2C[C@@H]13)C[C@H]5C6. The van der Waals surface area contributed by atoms with Gasteiger partial charge in [-0.3, -0.25) is 14.9 Å². The molecule has 5 saturated heterocycles. The summed E-state index contributed by atoms with van der Waals surface area (Å²) < 4.78 is 39.8. The molecule has 13 heteroatoms. The Morgan fingerprint density at radius 1 is 0.888 bits per heavy atom. The monoisotopic (exact) mass is 1320 g/mol. The van der Waals surface area contributed by atoms with Crippen molar-refractivity contribution in [1.82, 2.24) is 10.2 Å². The van der Waals surface area contributed by atoms with E-state index in [0.29, 0.717) is 79.9 Å². The van der Waals surface area contributed by atoms with Gasteiger partial charge in [-0.05, 0) is 257 Å². The van der Waals surface area contributed by atoms with E-state index < -0.39 is 97.4 Å². The molecule has 1 aromatic carbocycles. The number of epoxide rings is 1. The molecule has 514 valence electrons. The van der Waals surface area contributed by atoms with Gasteiger partial charge in [-0.25, -0.2) is 4.79 Å². The van der Waals surface area contributed by atoms with Crippen LogP contribution in [-0.2, 0) is 58.2 Å². The van der Waals surface area contributed by atoms with Crippen LogP contribution in [0.4, 0.5) is 0 Å². The van der Waals surface area contributed by atoms with Crippen LogP contribution < -0.4 is 5.32 Å². The van der Waals surface area contributed by atoms with E-state index in [9.17, 15) is 14.9 Å². The minimum atomic E-state index is -1.57. The van der Waals surface area contributed by atoms with Gasteiger partial charge >= 0.3 is 11.9 Å². The number of furan rings is 1. The molecule has 22 aliphatic rings. The molecule has 98 heavy (non-hydrogen) atoms. The Bertz CT molecular complexity index is 4120. The van der Waals surface area contributed by atoms with Crippen LogP contribution in [0.5, 0.6) is 0 Å². The van der Waals surface area contributed by atoms with Crippen LogP contribution in [0.1, 0.15) is 164 Å². The standard InChI is InChI=1S/C85H98N2O11/c1-76-37-53-38-77-36-46-22-26-80(77)75(93)95-42-79-70(53)81(72(91)69(90)71(79)82-55-19-13-48-16-21-61-58-9-5-8-47(58)23-25-78(61,62(48)33-55)67(82)34-57(32-56(77)29-46)84(79,80)98-82)63-30-45(28-44-6-3-2-4-7-44)10-11-49(63)12-17-54-18-14-52-41-94-66(68(52)83(54,76)97-74(92)73-85(76,81)96-73)35-60(65(89)40-88)50-15-20-59-51(31-50)24-27-87-43-86-39-64(59)87/h2-4,6-7,16,22,24,26-27,34,41,45-47,49-51,53-56,58-65,67,70-73,86,88-89,91H,5,8-11,13-15,18-21,23,25,28-33,35-40,42-43H2,1H3/t45-,46-,47+,49-,50-,51-,53-,54-,55+,56-,58+,59+,60+,61-,62+,63+,64+,65-,67+,70-,71+,72-,73-,76+,77+,78-,79-,80+,81+,82+,83+,84-,85-/m1/s1. The number of hydrogen-bond donors (Lipinski definition) is 4. The Kier molecular flexibility index (Phi) is 11.2. The van der Waals surface area contributed by atoms with Crippen LogP contribution >= 0.6 is 0 Å². The van der Waals surface area contributed by atoms with Gasteiger partial charge in [-0.2, -0.15) is 0 Å². The molecule has 12 bridgehead atoms. The van der Waals surface area contributed by atoms with Crippen LogP contribution in [0, 0.1) is 157 Å².